The number of anilines is 2. The Hall–Kier alpha value is -4.03. The monoisotopic (exact) mass is 544 g/mol. The number of nitrogens with one attached hydrogen (secondary N) is 1. The van der Waals surface area contributed by atoms with E-state index in [2.05, 4.69) is 20.3 Å². The van der Waals surface area contributed by atoms with Gasteiger partial charge in [-0.15, -0.1) is 11.3 Å². The number of ether oxygens (including phenoxy) is 1. The predicted octanol–water partition coefficient (Wildman–Crippen LogP) is 5.78. The fourth-order valence-electron chi connectivity index (χ4n) is 3.57. The largest absolute Gasteiger partial charge is 0.479 e. The van der Waals surface area contributed by atoms with Crippen molar-refractivity contribution in [3.63, 3.8) is 0 Å². The Bertz CT molecular complexity index is 1460. The molecule has 3 N–H and O–H groups in total. The average molecular weight is 545 g/mol. The van der Waals surface area contributed by atoms with Crippen LogP contribution in [-0.4, -0.2) is 37.2 Å². The fraction of sp³-hybridized carbons (Fsp3) is 0.231. The van der Waals surface area contributed by atoms with Gasteiger partial charge >= 0.3 is 12.1 Å². The minimum Gasteiger partial charge on any atom is -0.479 e. The number of nitrogens with zero attached hydrogens (tertiary/aromatic N) is 3. The summed E-state index contributed by atoms with van der Waals surface area (Å²) in [6.45, 7) is 4.86. The van der Waals surface area contributed by atoms with E-state index in [1.54, 1.807) is 49.5 Å². The molecule has 0 saturated heterocycles. The van der Waals surface area contributed by atoms with E-state index in [-0.39, 0.29) is 5.95 Å². The van der Waals surface area contributed by atoms with Crippen LogP contribution < -0.4 is 10.1 Å². The van der Waals surface area contributed by atoms with Crippen molar-refractivity contribution in [3.05, 3.63) is 82.8 Å². The molecule has 0 amide bonds. The van der Waals surface area contributed by atoms with Crippen LogP contribution >= 0.6 is 11.3 Å². The summed E-state index contributed by atoms with van der Waals surface area (Å²) in [5, 5.41) is 23.5. The van der Waals surface area contributed by atoms with Gasteiger partial charge in [0.15, 0.2) is 6.10 Å². The highest BCUT2D eigenvalue weighted by Crippen LogP contribution is 2.37. The summed E-state index contributed by atoms with van der Waals surface area (Å²) in [4.78, 5) is 23.6. The molecule has 0 aliphatic heterocycles. The van der Waals surface area contributed by atoms with Gasteiger partial charge < -0.3 is 20.3 Å². The molecule has 0 fully saturated rings. The lowest BCUT2D eigenvalue weighted by molar-refractivity contribution is -0.144. The number of halogens is 3. The SMILES string of the molecule is Cc1cc(Nc2nccc(C(F)(F)F)n2)cc(-c2cnc(C(C)(O)c3ccc(OC(C)C(=O)O)cc3)s2)c1. The molecule has 2 atom stereocenters. The lowest BCUT2D eigenvalue weighted by Crippen LogP contribution is -2.24. The summed E-state index contributed by atoms with van der Waals surface area (Å²) in [5.74, 6) is -0.924. The molecule has 0 bridgehead atoms. The highest BCUT2D eigenvalue weighted by atomic mass is 32.1. The Kier molecular flexibility index (Phi) is 7.38. The number of rotatable bonds is 8. The number of hydrogen-bond donors (Lipinski definition) is 3. The first-order chi connectivity index (χ1) is 17.8. The van der Waals surface area contributed by atoms with Crippen molar-refractivity contribution in [2.24, 2.45) is 0 Å². The van der Waals surface area contributed by atoms with E-state index in [0.29, 0.717) is 22.0 Å². The van der Waals surface area contributed by atoms with Crippen molar-refractivity contribution in [2.75, 3.05) is 5.32 Å². The highest BCUT2D eigenvalue weighted by Gasteiger charge is 2.33. The van der Waals surface area contributed by atoms with Crippen LogP contribution in [0.5, 0.6) is 5.75 Å². The van der Waals surface area contributed by atoms with E-state index < -0.39 is 29.5 Å². The van der Waals surface area contributed by atoms with Gasteiger partial charge in [0.1, 0.15) is 22.1 Å². The van der Waals surface area contributed by atoms with Crippen LogP contribution in [-0.2, 0) is 16.6 Å². The molecule has 198 valence electrons. The number of thiazole rings is 1. The second kappa shape index (κ2) is 10.4. The van der Waals surface area contributed by atoms with Crippen LogP contribution in [0.15, 0.2) is 60.9 Å². The molecule has 2 heterocycles. The first-order valence-corrected chi connectivity index (χ1v) is 12.1. The average Bonchev–Trinajstić information content (AvgIpc) is 3.35. The number of carbonyl (C=O) groups is 1. The molecule has 2 aromatic carbocycles. The Morgan fingerprint density at radius 1 is 1.11 bits per heavy atom. The van der Waals surface area contributed by atoms with Crippen molar-refractivity contribution in [3.8, 4) is 16.2 Å². The summed E-state index contributed by atoms with van der Waals surface area (Å²) >= 11 is 1.26. The van der Waals surface area contributed by atoms with E-state index in [0.717, 1.165) is 28.3 Å². The van der Waals surface area contributed by atoms with E-state index in [4.69, 9.17) is 9.84 Å². The van der Waals surface area contributed by atoms with Crippen LogP contribution in [0.2, 0.25) is 0 Å². The van der Waals surface area contributed by atoms with Gasteiger partial charge in [0.25, 0.3) is 0 Å². The van der Waals surface area contributed by atoms with Crippen LogP contribution in [0, 0.1) is 6.92 Å². The molecule has 4 aromatic rings. The Morgan fingerprint density at radius 3 is 2.47 bits per heavy atom. The second-order valence-electron chi connectivity index (χ2n) is 8.70. The van der Waals surface area contributed by atoms with E-state index in [1.165, 1.54) is 18.3 Å². The Labute approximate surface area is 219 Å². The maximum Gasteiger partial charge on any atom is 0.433 e. The number of alkyl halides is 3. The van der Waals surface area contributed by atoms with Crippen molar-refractivity contribution in [2.45, 2.75) is 38.7 Å². The van der Waals surface area contributed by atoms with E-state index in [1.807, 2.05) is 13.0 Å². The summed E-state index contributed by atoms with van der Waals surface area (Å²) in [7, 11) is 0. The van der Waals surface area contributed by atoms with Gasteiger partial charge in [-0.05, 0) is 67.8 Å². The van der Waals surface area contributed by atoms with E-state index in [9.17, 15) is 23.1 Å². The molecule has 2 unspecified atom stereocenters. The third kappa shape index (κ3) is 6.09. The van der Waals surface area contributed by atoms with Crippen molar-refractivity contribution in [1.82, 2.24) is 15.0 Å². The summed E-state index contributed by atoms with van der Waals surface area (Å²) in [6.07, 6.45) is -2.95. The zero-order chi connectivity index (χ0) is 27.7. The van der Waals surface area contributed by atoms with Crippen molar-refractivity contribution < 1.29 is 32.9 Å². The molecule has 4 rings (SSSR count). The molecular formula is C26H23F3N4O4S. The standard InChI is InChI=1S/C26H23F3N4O4S/c1-14-10-16(12-18(11-14)32-24-30-9-8-21(33-24)26(27,28)29)20-13-31-23(38-20)25(3,36)17-4-6-19(7-5-17)37-15(2)22(34)35/h4-13,15,36H,1-3H3,(H,34,35)(H,30,32,33). The quantitative estimate of drug-likeness (QED) is 0.256. The van der Waals surface area contributed by atoms with E-state index >= 15 is 0 Å². The number of aliphatic carboxylic acids is 1. The fourth-order valence-corrected chi connectivity index (χ4v) is 4.54. The Balaban J connectivity index is 1.56. The number of aromatic nitrogens is 3. The van der Waals surface area contributed by atoms with Crippen LogP contribution in [0.3, 0.4) is 0 Å². The first kappa shape index (κ1) is 27.0. The summed E-state index contributed by atoms with van der Waals surface area (Å²) in [5.41, 5.74) is 0.106. The van der Waals surface area contributed by atoms with Crippen LogP contribution in [0.4, 0.5) is 24.8 Å². The summed E-state index contributed by atoms with van der Waals surface area (Å²) < 4.78 is 44.3. The van der Waals surface area contributed by atoms with Gasteiger partial charge in [-0.2, -0.15) is 13.2 Å². The lowest BCUT2D eigenvalue weighted by Gasteiger charge is -2.21. The zero-order valence-electron chi connectivity index (χ0n) is 20.4. The number of carboxylic acid groups (broad SMARTS) is 1. The molecular weight excluding hydrogens is 521 g/mol. The molecule has 0 aliphatic rings. The maximum absolute atomic E-state index is 13.0. The topological polar surface area (TPSA) is 117 Å². The molecule has 8 nitrogen and oxygen atoms in total. The molecule has 0 saturated carbocycles. The molecule has 38 heavy (non-hydrogen) atoms. The first-order valence-electron chi connectivity index (χ1n) is 11.3. The molecule has 12 heteroatoms. The lowest BCUT2D eigenvalue weighted by atomic mass is 9.97. The number of aliphatic hydroxyl groups is 1. The van der Waals surface area contributed by atoms with Crippen molar-refractivity contribution >= 4 is 28.9 Å². The van der Waals surface area contributed by atoms with Gasteiger partial charge in [-0.25, -0.2) is 19.7 Å². The third-order valence-electron chi connectivity index (χ3n) is 5.56. The number of benzene rings is 2. The van der Waals surface area contributed by atoms with Crippen LogP contribution in [0.1, 0.15) is 35.7 Å². The number of aryl methyl sites for hydroxylation is 1. The normalized spacial score (nSPS) is 14.0. The predicted molar refractivity (Wildman–Crippen MR) is 135 cm³/mol. The molecule has 0 spiro atoms. The minimum absolute atomic E-state index is 0.186. The van der Waals surface area contributed by atoms with Gasteiger partial charge in [0.05, 0.1) is 4.88 Å². The van der Waals surface area contributed by atoms with Gasteiger partial charge in [0.2, 0.25) is 5.95 Å². The molecule has 0 radical (unpaired) electrons. The van der Waals surface area contributed by atoms with Gasteiger partial charge in [0, 0.05) is 18.1 Å². The smallest absolute Gasteiger partial charge is 0.433 e. The maximum atomic E-state index is 13.0. The van der Waals surface area contributed by atoms with Crippen LogP contribution in [0.25, 0.3) is 10.4 Å². The minimum atomic E-state index is -4.59. The van der Waals surface area contributed by atoms with Crippen molar-refractivity contribution in [1.29, 1.82) is 0 Å². The third-order valence-corrected chi connectivity index (χ3v) is 6.82. The highest BCUT2D eigenvalue weighted by molar-refractivity contribution is 7.15. The number of hydrogen-bond acceptors (Lipinski definition) is 8. The summed E-state index contributed by atoms with van der Waals surface area (Å²) in [6, 6.07) is 12.6. The second-order valence-corrected chi connectivity index (χ2v) is 9.73. The van der Waals surface area contributed by atoms with Gasteiger partial charge in [-0.3, -0.25) is 0 Å². The molecule has 2 aromatic heterocycles. The Morgan fingerprint density at radius 2 is 1.82 bits per heavy atom. The molecule has 0 aliphatic carbocycles. The van der Waals surface area contributed by atoms with Gasteiger partial charge in [-0.1, -0.05) is 18.2 Å². The zero-order valence-corrected chi connectivity index (χ0v) is 21.3. The number of carboxylic acids is 1.